The van der Waals surface area contributed by atoms with E-state index in [1.165, 1.54) is 0 Å². The van der Waals surface area contributed by atoms with Crippen molar-refractivity contribution in [1.29, 1.82) is 0 Å². The number of aldehydes is 1. The summed E-state index contributed by atoms with van der Waals surface area (Å²) in [5.74, 6) is 0. The molecule has 0 radical (unpaired) electrons. The summed E-state index contributed by atoms with van der Waals surface area (Å²) in [6.07, 6.45) is 8.31. The summed E-state index contributed by atoms with van der Waals surface area (Å²) >= 11 is 0. The minimum Gasteiger partial charge on any atom is -0.320 e. The Labute approximate surface area is 174 Å². The molecule has 0 amide bonds. The molecule has 0 saturated carbocycles. The van der Waals surface area contributed by atoms with E-state index in [2.05, 4.69) is 26.3 Å². The number of nitrogens with one attached hydrogen (secondary N) is 2. The number of aryl methyl sites for hydroxylation is 1. The second-order valence-electron chi connectivity index (χ2n) is 8.16. The van der Waals surface area contributed by atoms with E-state index in [0.29, 0.717) is 5.69 Å². The lowest BCUT2D eigenvalue weighted by atomic mass is 10.0. The second-order valence-corrected chi connectivity index (χ2v) is 8.16. The third-order valence-electron chi connectivity index (χ3n) is 6.28. The number of fused-ring (bicyclic) bond motifs is 3. The van der Waals surface area contributed by atoms with Gasteiger partial charge >= 0.3 is 0 Å². The molecular weight excluding hydrogens is 378 g/mol. The molecule has 1 saturated heterocycles. The summed E-state index contributed by atoms with van der Waals surface area (Å²) in [6.45, 7) is 3.50. The number of carbonyl (C=O) groups excluding carboxylic acids is 1. The topological polar surface area (TPSA) is 91.0 Å². The van der Waals surface area contributed by atoms with Crippen molar-refractivity contribution in [2.45, 2.75) is 38.3 Å². The minimum absolute atomic E-state index is 0.0344. The Bertz CT molecular complexity index is 1140. The molecule has 0 aromatic carbocycles. The van der Waals surface area contributed by atoms with Gasteiger partial charge in [-0.2, -0.15) is 0 Å². The average Bonchev–Trinajstić information content (AvgIpc) is 3.16. The SMILES string of the molecule is O=Cc1ccc(C2CCNCCN2Cc2cnc3c4c(c(=O)[nH]c3c2)CCC4)cn1. The standard InChI is InChI=1S/C23H25N5O2/c29-14-17-5-4-16(12-25-17)21-6-7-24-8-9-28(21)13-15-10-20-22(26-11-15)18-2-1-3-19(18)23(30)27-20/h4-5,10-12,14,21,24H,1-3,6-9,13H2,(H,27,30). The number of hydrogen-bond acceptors (Lipinski definition) is 6. The number of hydrogen-bond donors (Lipinski definition) is 2. The molecule has 30 heavy (non-hydrogen) atoms. The molecule has 7 nitrogen and oxygen atoms in total. The molecule has 1 aliphatic heterocycles. The lowest BCUT2D eigenvalue weighted by Crippen LogP contribution is -2.30. The van der Waals surface area contributed by atoms with Crippen LogP contribution in [0, 0.1) is 0 Å². The predicted molar refractivity (Wildman–Crippen MR) is 115 cm³/mol. The number of rotatable bonds is 4. The highest BCUT2D eigenvalue weighted by molar-refractivity contribution is 5.79. The summed E-state index contributed by atoms with van der Waals surface area (Å²) in [5.41, 5.74) is 6.49. The number of nitrogens with zero attached hydrogens (tertiary/aromatic N) is 3. The molecule has 2 N–H and O–H groups in total. The number of aromatic nitrogens is 3. The molecule has 1 unspecified atom stereocenters. The van der Waals surface area contributed by atoms with Crippen molar-refractivity contribution in [1.82, 2.24) is 25.2 Å². The molecular formula is C23H25N5O2. The maximum atomic E-state index is 12.4. The Balaban J connectivity index is 1.46. The van der Waals surface area contributed by atoms with Crippen LogP contribution in [-0.4, -0.2) is 45.8 Å². The molecule has 4 heterocycles. The van der Waals surface area contributed by atoms with E-state index >= 15 is 0 Å². The van der Waals surface area contributed by atoms with Crippen LogP contribution < -0.4 is 10.9 Å². The molecule has 0 spiro atoms. The van der Waals surface area contributed by atoms with Crippen molar-refractivity contribution in [3.63, 3.8) is 0 Å². The van der Waals surface area contributed by atoms with Gasteiger partial charge < -0.3 is 10.3 Å². The van der Waals surface area contributed by atoms with Crippen LogP contribution in [0.25, 0.3) is 11.0 Å². The third kappa shape index (κ3) is 3.55. The zero-order chi connectivity index (χ0) is 20.5. The normalized spacial score (nSPS) is 19.5. The zero-order valence-electron chi connectivity index (χ0n) is 16.9. The van der Waals surface area contributed by atoms with Crippen molar-refractivity contribution >= 4 is 17.3 Å². The number of pyridine rings is 3. The molecule has 0 bridgehead atoms. The average molecular weight is 403 g/mol. The number of aromatic amines is 1. The number of carbonyl (C=O) groups is 1. The highest BCUT2D eigenvalue weighted by Crippen LogP contribution is 2.28. The summed E-state index contributed by atoms with van der Waals surface area (Å²) < 4.78 is 0. The minimum atomic E-state index is 0.0344. The first-order valence-corrected chi connectivity index (χ1v) is 10.6. The lowest BCUT2D eigenvalue weighted by Gasteiger charge is -2.29. The smallest absolute Gasteiger partial charge is 0.251 e. The largest absolute Gasteiger partial charge is 0.320 e. The second kappa shape index (κ2) is 8.08. The van der Waals surface area contributed by atoms with Gasteiger partial charge in [-0.25, -0.2) is 0 Å². The molecule has 7 heteroatoms. The molecule has 1 fully saturated rings. The van der Waals surface area contributed by atoms with E-state index in [4.69, 9.17) is 4.98 Å². The van der Waals surface area contributed by atoms with Crippen molar-refractivity contribution in [3.8, 4) is 0 Å². The maximum Gasteiger partial charge on any atom is 0.251 e. The van der Waals surface area contributed by atoms with Crippen LogP contribution in [0.5, 0.6) is 0 Å². The molecule has 1 atom stereocenters. The Kier molecular flexibility index (Phi) is 5.14. The van der Waals surface area contributed by atoms with Gasteiger partial charge in [-0.05, 0) is 61.1 Å². The first kappa shape index (κ1) is 19.1. The fourth-order valence-corrected chi connectivity index (χ4v) is 4.79. The van der Waals surface area contributed by atoms with E-state index < -0.39 is 0 Å². The summed E-state index contributed by atoms with van der Waals surface area (Å²) in [6, 6.07) is 6.06. The monoisotopic (exact) mass is 403 g/mol. The van der Waals surface area contributed by atoms with Gasteiger partial charge in [0.2, 0.25) is 0 Å². The van der Waals surface area contributed by atoms with Crippen LogP contribution in [0.4, 0.5) is 0 Å². The van der Waals surface area contributed by atoms with Gasteiger partial charge in [0.15, 0.2) is 6.29 Å². The van der Waals surface area contributed by atoms with Crippen molar-refractivity contribution < 1.29 is 4.79 Å². The van der Waals surface area contributed by atoms with Gasteiger partial charge in [0.05, 0.1) is 11.0 Å². The molecule has 3 aromatic heterocycles. The molecule has 3 aromatic rings. The fraction of sp³-hybridized carbons (Fsp3) is 0.391. The third-order valence-corrected chi connectivity index (χ3v) is 6.28. The first-order chi connectivity index (χ1) is 14.7. The van der Waals surface area contributed by atoms with Crippen LogP contribution in [0.2, 0.25) is 0 Å². The van der Waals surface area contributed by atoms with Crippen LogP contribution >= 0.6 is 0 Å². The Hall–Kier alpha value is -2.90. The van der Waals surface area contributed by atoms with E-state index in [9.17, 15) is 9.59 Å². The van der Waals surface area contributed by atoms with Gasteiger partial charge in [-0.1, -0.05) is 6.07 Å². The van der Waals surface area contributed by atoms with E-state index in [-0.39, 0.29) is 11.6 Å². The first-order valence-electron chi connectivity index (χ1n) is 10.6. The van der Waals surface area contributed by atoms with Crippen LogP contribution in [0.15, 0.2) is 35.4 Å². The van der Waals surface area contributed by atoms with E-state index in [1.54, 1.807) is 6.07 Å². The van der Waals surface area contributed by atoms with Crippen LogP contribution in [0.3, 0.4) is 0 Å². The molecule has 2 aliphatic rings. The Morgan fingerprint density at radius 1 is 1.13 bits per heavy atom. The quantitative estimate of drug-likeness (QED) is 0.649. The molecule has 1 aliphatic carbocycles. The van der Waals surface area contributed by atoms with Crippen molar-refractivity contribution in [3.05, 3.63) is 68.9 Å². The zero-order valence-corrected chi connectivity index (χ0v) is 16.9. The van der Waals surface area contributed by atoms with Crippen LogP contribution in [0.1, 0.15) is 51.6 Å². The van der Waals surface area contributed by atoms with Gasteiger partial charge in [-0.15, -0.1) is 0 Å². The highest BCUT2D eigenvalue weighted by Gasteiger charge is 2.24. The molecule has 5 rings (SSSR count). The number of H-pyrrole nitrogens is 1. The van der Waals surface area contributed by atoms with E-state index in [1.807, 2.05) is 18.5 Å². The van der Waals surface area contributed by atoms with Crippen molar-refractivity contribution in [2.24, 2.45) is 0 Å². The summed E-state index contributed by atoms with van der Waals surface area (Å²) in [5, 5.41) is 3.47. The van der Waals surface area contributed by atoms with E-state index in [0.717, 1.165) is 91.4 Å². The fourth-order valence-electron chi connectivity index (χ4n) is 4.79. The molecule has 154 valence electrons. The van der Waals surface area contributed by atoms with Gasteiger partial charge in [0.25, 0.3) is 5.56 Å². The lowest BCUT2D eigenvalue weighted by molar-refractivity contribution is 0.111. The Morgan fingerprint density at radius 2 is 2.03 bits per heavy atom. The maximum absolute atomic E-state index is 12.4. The van der Waals surface area contributed by atoms with Gasteiger partial charge in [0, 0.05) is 43.6 Å². The summed E-state index contributed by atoms with van der Waals surface area (Å²) in [4.78, 5) is 37.8. The van der Waals surface area contributed by atoms with Gasteiger partial charge in [-0.3, -0.25) is 24.5 Å². The predicted octanol–water partition coefficient (Wildman–Crippen LogP) is 2.16. The van der Waals surface area contributed by atoms with Crippen molar-refractivity contribution in [2.75, 3.05) is 19.6 Å². The van der Waals surface area contributed by atoms with Crippen LogP contribution in [-0.2, 0) is 19.4 Å². The summed E-state index contributed by atoms with van der Waals surface area (Å²) in [7, 11) is 0. The highest BCUT2D eigenvalue weighted by atomic mass is 16.1. The Morgan fingerprint density at radius 3 is 2.87 bits per heavy atom. The van der Waals surface area contributed by atoms with Gasteiger partial charge in [0.1, 0.15) is 5.69 Å².